The average molecular weight is 326 g/mol. The first-order valence-corrected chi connectivity index (χ1v) is 8.95. The fraction of sp³-hybridized carbons (Fsp3) is 0.571. The third-order valence-electron chi connectivity index (χ3n) is 3.77. The molecule has 1 aliphatic rings. The summed E-state index contributed by atoms with van der Waals surface area (Å²) < 4.78 is 24.1. The Morgan fingerprint density at radius 3 is 2.91 bits per heavy atom. The summed E-state index contributed by atoms with van der Waals surface area (Å²) in [6.07, 6.45) is 10.1. The van der Waals surface area contributed by atoms with Gasteiger partial charge in [-0.25, -0.2) is 13.6 Å². The van der Waals surface area contributed by atoms with Crippen molar-refractivity contribution in [3.63, 3.8) is 0 Å². The molecule has 0 saturated heterocycles. The summed E-state index contributed by atoms with van der Waals surface area (Å²) in [7, 11) is -2.55. The highest BCUT2D eigenvalue weighted by Gasteiger charge is 2.24. The van der Waals surface area contributed by atoms with Crippen molar-refractivity contribution in [1.29, 1.82) is 0 Å². The van der Waals surface area contributed by atoms with Crippen LogP contribution in [0.1, 0.15) is 48.9 Å². The molecule has 0 atom stereocenters. The lowest BCUT2D eigenvalue weighted by Gasteiger charge is -2.08. The van der Waals surface area contributed by atoms with E-state index in [2.05, 4.69) is 16.5 Å². The number of aryl methyl sites for hydroxylation is 1. The Morgan fingerprint density at radius 2 is 2.18 bits per heavy atom. The highest BCUT2D eigenvalue weighted by Crippen LogP contribution is 2.19. The van der Waals surface area contributed by atoms with E-state index in [1.807, 2.05) is 0 Å². The second kappa shape index (κ2) is 7.06. The van der Waals surface area contributed by atoms with Crippen LogP contribution in [0, 0.1) is 0 Å². The van der Waals surface area contributed by atoms with E-state index in [9.17, 15) is 13.2 Å². The maximum absolute atomic E-state index is 12.1. The van der Waals surface area contributed by atoms with Crippen LogP contribution in [-0.2, 0) is 17.1 Å². The molecule has 0 aliphatic heterocycles. The summed E-state index contributed by atoms with van der Waals surface area (Å²) >= 11 is 0. The molecule has 22 heavy (non-hydrogen) atoms. The van der Waals surface area contributed by atoms with Gasteiger partial charge in [0.2, 0.25) is 0 Å². The molecule has 1 heterocycles. The molecule has 122 valence electrons. The van der Waals surface area contributed by atoms with Gasteiger partial charge in [-0.3, -0.25) is 9.48 Å². The maximum atomic E-state index is 12.1. The van der Waals surface area contributed by atoms with Gasteiger partial charge >= 0.3 is 0 Å². The number of nitrogens with one attached hydrogen (secondary N) is 1. The largest absolute Gasteiger partial charge is 0.352 e. The standard InChI is InChI=1S/C14H22N4O3S/c1-18-14(22(15,20)21)12(10-17-18)13(19)16-9-8-11-6-4-2-3-5-7-11/h6,10H,2-5,7-9H2,1H3,(H,16,19)(H2,15,20,21). The smallest absolute Gasteiger partial charge is 0.256 e. The predicted molar refractivity (Wildman–Crippen MR) is 82.7 cm³/mol. The lowest BCUT2D eigenvalue weighted by Crippen LogP contribution is -2.28. The number of carbonyl (C=O) groups excluding carboxylic acids is 1. The molecule has 0 saturated carbocycles. The van der Waals surface area contributed by atoms with Crippen molar-refractivity contribution in [1.82, 2.24) is 15.1 Å². The van der Waals surface area contributed by atoms with E-state index in [4.69, 9.17) is 5.14 Å². The first-order valence-electron chi connectivity index (χ1n) is 7.40. The van der Waals surface area contributed by atoms with E-state index in [0.717, 1.165) is 23.9 Å². The minimum absolute atomic E-state index is 0.0140. The molecule has 1 amide bonds. The molecule has 3 N–H and O–H groups in total. The number of sulfonamides is 1. The Morgan fingerprint density at radius 1 is 1.41 bits per heavy atom. The zero-order valence-electron chi connectivity index (χ0n) is 12.7. The second-order valence-electron chi connectivity index (χ2n) is 5.50. The third kappa shape index (κ3) is 4.17. The normalized spacial score (nSPS) is 16.0. The lowest BCUT2D eigenvalue weighted by atomic mass is 10.1. The predicted octanol–water partition coefficient (Wildman–Crippen LogP) is 1.08. The molecule has 0 bridgehead atoms. The number of nitrogens with two attached hydrogens (primary N) is 1. The van der Waals surface area contributed by atoms with Crippen LogP contribution in [0.2, 0.25) is 0 Å². The van der Waals surface area contributed by atoms with Crippen molar-refractivity contribution in [2.24, 2.45) is 12.2 Å². The van der Waals surface area contributed by atoms with Gasteiger partial charge in [-0.05, 0) is 32.1 Å². The summed E-state index contributed by atoms with van der Waals surface area (Å²) in [5.41, 5.74) is 1.34. The fourth-order valence-corrected chi connectivity index (χ4v) is 3.53. The van der Waals surface area contributed by atoms with E-state index in [-0.39, 0.29) is 10.6 Å². The molecule has 7 nitrogen and oxygen atoms in total. The molecular formula is C14H22N4O3S. The molecule has 0 unspecified atom stereocenters. The van der Waals surface area contributed by atoms with Gasteiger partial charge < -0.3 is 5.32 Å². The zero-order chi connectivity index (χ0) is 16.2. The van der Waals surface area contributed by atoms with Crippen molar-refractivity contribution in [3.05, 3.63) is 23.4 Å². The van der Waals surface area contributed by atoms with E-state index in [1.165, 1.54) is 38.1 Å². The van der Waals surface area contributed by atoms with Crippen LogP contribution in [0.4, 0.5) is 0 Å². The summed E-state index contributed by atoms with van der Waals surface area (Å²) in [6, 6.07) is 0. The van der Waals surface area contributed by atoms with Crippen molar-refractivity contribution in [2.45, 2.75) is 43.6 Å². The minimum atomic E-state index is -3.99. The zero-order valence-corrected chi connectivity index (χ0v) is 13.5. The number of primary sulfonamides is 1. The first kappa shape index (κ1) is 16.7. The SMILES string of the molecule is Cn1ncc(C(=O)NCCC2=CCCCCC2)c1S(N)(=O)=O. The van der Waals surface area contributed by atoms with Gasteiger partial charge in [0.25, 0.3) is 15.9 Å². The number of allylic oxidation sites excluding steroid dienone is 1. The topological polar surface area (TPSA) is 107 Å². The van der Waals surface area contributed by atoms with Gasteiger partial charge in [-0.1, -0.05) is 18.1 Å². The molecule has 1 aromatic heterocycles. The second-order valence-corrected chi connectivity index (χ2v) is 6.98. The molecular weight excluding hydrogens is 304 g/mol. The molecule has 0 fully saturated rings. The fourth-order valence-electron chi connectivity index (χ4n) is 2.66. The van der Waals surface area contributed by atoms with Crippen LogP contribution < -0.4 is 10.5 Å². The first-order chi connectivity index (χ1) is 10.4. The molecule has 0 radical (unpaired) electrons. The lowest BCUT2D eigenvalue weighted by molar-refractivity contribution is 0.0950. The van der Waals surface area contributed by atoms with Gasteiger partial charge in [-0.2, -0.15) is 5.10 Å². The van der Waals surface area contributed by atoms with E-state index < -0.39 is 15.9 Å². The Hall–Kier alpha value is -1.67. The number of hydrogen-bond donors (Lipinski definition) is 2. The number of hydrogen-bond acceptors (Lipinski definition) is 4. The number of rotatable bonds is 5. The monoisotopic (exact) mass is 326 g/mol. The molecule has 0 spiro atoms. The highest BCUT2D eigenvalue weighted by atomic mass is 32.2. The number of aromatic nitrogens is 2. The van der Waals surface area contributed by atoms with Gasteiger partial charge in [0.1, 0.15) is 0 Å². The number of nitrogens with zero attached hydrogens (tertiary/aromatic N) is 2. The highest BCUT2D eigenvalue weighted by molar-refractivity contribution is 7.89. The third-order valence-corrected chi connectivity index (χ3v) is 4.79. The molecule has 1 aromatic rings. The quantitative estimate of drug-likeness (QED) is 0.789. The summed E-state index contributed by atoms with van der Waals surface area (Å²) in [5, 5.41) is 11.4. The van der Waals surface area contributed by atoms with Crippen LogP contribution in [0.15, 0.2) is 22.9 Å². The summed E-state index contributed by atoms with van der Waals surface area (Å²) in [5.74, 6) is -0.466. The van der Waals surface area contributed by atoms with E-state index >= 15 is 0 Å². The molecule has 0 aromatic carbocycles. The maximum Gasteiger partial charge on any atom is 0.256 e. The van der Waals surface area contributed by atoms with E-state index in [1.54, 1.807) is 0 Å². The van der Waals surface area contributed by atoms with Crippen molar-refractivity contribution in [2.75, 3.05) is 6.54 Å². The molecule has 1 aliphatic carbocycles. The van der Waals surface area contributed by atoms with Crippen molar-refractivity contribution < 1.29 is 13.2 Å². The summed E-state index contributed by atoms with van der Waals surface area (Å²) in [6.45, 7) is 0.476. The van der Waals surface area contributed by atoms with Gasteiger partial charge in [0.15, 0.2) is 5.03 Å². The number of amides is 1. The van der Waals surface area contributed by atoms with Crippen LogP contribution >= 0.6 is 0 Å². The van der Waals surface area contributed by atoms with Crippen molar-refractivity contribution in [3.8, 4) is 0 Å². The Bertz CT molecular complexity index is 676. The van der Waals surface area contributed by atoms with Gasteiger partial charge in [0, 0.05) is 13.6 Å². The molecule has 8 heteroatoms. The van der Waals surface area contributed by atoms with Crippen LogP contribution in [0.5, 0.6) is 0 Å². The van der Waals surface area contributed by atoms with Crippen LogP contribution in [0.3, 0.4) is 0 Å². The Kier molecular flexibility index (Phi) is 5.36. The van der Waals surface area contributed by atoms with Crippen molar-refractivity contribution >= 4 is 15.9 Å². The van der Waals surface area contributed by atoms with Crippen LogP contribution in [-0.4, -0.2) is 30.7 Å². The Balaban J connectivity index is 1.97. The van der Waals surface area contributed by atoms with Gasteiger partial charge in [0.05, 0.1) is 11.8 Å². The summed E-state index contributed by atoms with van der Waals surface area (Å²) in [4.78, 5) is 12.1. The van der Waals surface area contributed by atoms with Gasteiger partial charge in [-0.15, -0.1) is 0 Å². The number of carbonyl (C=O) groups is 1. The van der Waals surface area contributed by atoms with E-state index in [0.29, 0.717) is 6.54 Å². The van der Waals surface area contributed by atoms with Crippen LogP contribution in [0.25, 0.3) is 0 Å². The average Bonchev–Trinajstić information content (AvgIpc) is 2.67. The molecule has 2 rings (SSSR count). The minimum Gasteiger partial charge on any atom is -0.352 e. The Labute approximate surface area is 130 Å².